The summed E-state index contributed by atoms with van der Waals surface area (Å²) in [7, 11) is 3.18. The lowest BCUT2D eigenvalue weighted by atomic mass is 9.98. The second kappa shape index (κ2) is 9.30. The van der Waals surface area contributed by atoms with Crippen molar-refractivity contribution >= 4 is 0 Å². The Morgan fingerprint density at radius 2 is 1.81 bits per heavy atom. The van der Waals surface area contributed by atoms with Crippen LogP contribution in [0.3, 0.4) is 0 Å². The van der Waals surface area contributed by atoms with E-state index in [0.717, 1.165) is 22.3 Å². The summed E-state index contributed by atoms with van der Waals surface area (Å²) in [6.07, 6.45) is 7.08. The fourth-order valence-electron chi connectivity index (χ4n) is 3.26. The maximum Gasteiger partial charge on any atom is 0.212 e. The van der Waals surface area contributed by atoms with E-state index in [1.807, 2.05) is 29.0 Å². The quantitative estimate of drug-likeness (QED) is 0.413. The Kier molecular flexibility index (Phi) is 6.12. The van der Waals surface area contributed by atoms with Gasteiger partial charge in [0.2, 0.25) is 5.88 Å². The summed E-state index contributed by atoms with van der Waals surface area (Å²) in [4.78, 5) is 8.31. The number of pyridine rings is 1. The maximum atomic E-state index is 13.5. The monoisotopic (exact) mass is 419 g/mol. The van der Waals surface area contributed by atoms with Gasteiger partial charge in [-0.1, -0.05) is 12.1 Å². The van der Waals surface area contributed by atoms with Gasteiger partial charge < -0.3 is 18.8 Å². The molecule has 0 amide bonds. The number of benzene rings is 2. The lowest BCUT2D eigenvalue weighted by Crippen LogP contribution is -2.03. The molecule has 158 valence electrons. The Balaban J connectivity index is 1.68. The molecule has 7 heteroatoms. The Morgan fingerprint density at radius 1 is 0.968 bits per heavy atom. The molecule has 6 nitrogen and oxygen atoms in total. The number of ether oxygens (including phenoxy) is 3. The number of hydrogen-bond acceptors (Lipinski definition) is 5. The highest BCUT2D eigenvalue weighted by molar-refractivity contribution is 5.71. The van der Waals surface area contributed by atoms with Gasteiger partial charge in [0, 0.05) is 36.8 Å². The average molecular weight is 419 g/mol. The first-order valence-corrected chi connectivity index (χ1v) is 9.70. The molecule has 0 bridgehead atoms. The van der Waals surface area contributed by atoms with Crippen molar-refractivity contribution in [3.05, 3.63) is 90.4 Å². The van der Waals surface area contributed by atoms with E-state index in [0.29, 0.717) is 30.5 Å². The summed E-state index contributed by atoms with van der Waals surface area (Å²) in [5.41, 5.74) is 3.71. The molecule has 0 saturated heterocycles. The van der Waals surface area contributed by atoms with E-state index in [2.05, 4.69) is 9.97 Å². The van der Waals surface area contributed by atoms with Crippen LogP contribution in [0.5, 0.6) is 17.4 Å². The van der Waals surface area contributed by atoms with E-state index < -0.39 is 0 Å². The summed E-state index contributed by atoms with van der Waals surface area (Å²) in [5.74, 6) is 1.47. The SMILES string of the molecule is COc1ccc(COc2cc(-c3ccc(F)cc3)c(Cn3ccnc3)cc2OC)cn1. The number of hydrogen-bond donors (Lipinski definition) is 0. The number of rotatable bonds is 8. The first-order chi connectivity index (χ1) is 15.2. The normalized spacial score (nSPS) is 10.7. The second-order valence-corrected chi connectivity index (χ2v) is 6.90. The van der Waals surface area contributed by atoms with Gasteiger partial charge in [0.15, 0.2) is 11.5 Å². The molecule has 0 atom stereocenters. The largest absolute Gasteiger partial charge is 0.493 e. The molecule has 2 aromatic carbocycles. The Hall–Kier alpha value is -3.87. The lowest BCUT2D eigenvalue weighted by Gasteiger charge is -2.17. The second-order valence-electron chi connectivity index (χ2n) is 6.90. The number of halogens is 1. The van der Waals surface area contributed by atoms with E-state index in [1.54, 1.807) is 51.1 Å². The fourth-order valence-corrected chi connectivity index (χ4v) is 3.26. The van der Waals surface area contributed by atoms with Crippen molar-refractivity contribution in [1.29, 1.82) is 0 Å². The van der Waals surface area contributed by atoms with Crippen molar-refractivity contribution < 1.29 is 18.6 Å². The van der Waals surface area contributed by atoms with Crippen LogP contribution < -0.4 is 14.2 Å². The third-order valence-corrected chi connectivity index (χ3v) is 4.86. The van der Waals surface area contributed by atoms with Gasteiger partial charge in [0.25, 0.3) is 0 Å². The van der Waals surface area contributed by atoms with Gasteiger partial charge in [-0.25, -0.2) is 14.4 Å². The van der Waals surface area contributed by atoms with Crippen LogP contribution >= 0.6 is 0 Å². The molecule has 0 radical (unpaired) electrons. The molecule has 0 aliphatic heterocycles. The average Bonchev–Trinajstić information content (AvgIpc) is 3.32. The zero-order chi connectivity index (χ0) is 21.6. The molecule has 2 heterocycles. The van der Waals surface area contributed by atoms with E-state index in [9.17, 15) is 4.39 Å². The van der Waals surface area contributed by atoms with Crippen LogP contribution in [-0.2, 0) is 13.2 Å². The molecule has 0 aliphatic rings. The molecular weight excluding hydrogens is 397 g/mol. The number of nitrogens with zero attached hydrogens (tertiary/aromatic N) is 3. The molecule has 4 rings (SSSR count). The molecule has 2 aromatic heterocycles. The van der Waals surface area contributed by atoms with Crippen molar-refractivity contribution in [2.75, 3.05) is 14.2 Å². The molecule has 0 spiro atoms. The van der Waals surface area contributed by atoms with Crippen molar-refractivity contribution in [3.8, 4) is 28.5 Å². The number of methoxy groups -OCH3 is 2. The van der Waals surface area contributed by atoms with Gasteiger partial charge >= 0.3 is 0 Å². The van der Waals surface area contributed by atoms with Gasteiger partial charge in [0.1, 0.15) is 12.4 Å². The van der Waals surface area contributed by atoms with Crippen LogP contribution in [-0.4, -0.2) is 28.8 Å². The third kappa shape index (κ3) is 4.83. The molecule has 0 saturated carbocycles. The minimum atomic E-state index is -0.281. The minimum Gasteiger partial charge on any atom is -0.493 e. The Morgan fingerprint density at radius 3 is 2.45 bits per heavy atom. The molecular formula is C24H22FN3O3. The van der Waals surface area contributed by atoms with Crippen molar-refractivity contribution in [2.45, 2.75) is 13.2 Å². The standard InChI is InChI=1S/C24H22FN3O3/c1-29-22-11-19(14-28-10-9-26-16-28)21(18-4-6-20(25)7-5-18)12-23(22)31-15-17-3-8-24(30-2)27-13-17/h3-13,16H,14-15H2,1-2H3. The summed E-state index contributed by atoms with van der Waals surface area (Å²) in [5, 5.41) is 0. The zero-order valence-corrected chi connectivity index (χ0v) is 17.3. The summed E-state index contributed by atoms with van der Waals surface area (Å²) < 4.78 is 32.2. The van der Waals surface area contributed by atoms with E-state index in [4.69, 9.17) is 14.2 Å². The molecule has 31 heavy (non-hydrogen) atoms. The summed E-state index contributed by atoms with van der Waals surface area (Å²) in [6, 6.07) is 14.0. The van der Waals surface area contributed by atoms with Crippen molar-refractivity contribution in [2.24, 2.45) is 0 Å². The van der Waals surface area contributed by atoms with Gasteiger partial charge in [-0.05, 0) is 47.0 Å². The summed E-state index contributed by atoms with van der Waals surface area (Å²) in [6.45, 7) is 0.906. The Bertz CT molecular complexity index is 1130. The number of imidazole rings is 1. The van der Waals surface area contributed by atoms with Gasteiger partial charge in [-0.3, -0.25) is 0 Å². The van der Waals surface area contributed by atoms with Crippen LogP contribution in [0.1, 0.15) is 11.1 Å². The minimum absolute atomic E-state index is 0.281. The molecule has 4 aromatic rings. The van der Waals surface area contributed by atoms with Crippen LogP contribution in [0.25, 0.3) is 11.1 Å². The highest BCUT2D eigenvalue weighted by Crippen LogP contribution is 2.37. The lowest BCUT2D eigenvalue weighted by molar-refractivity contribution is 0.283. The Labute approximate surface area is 179 Å². The molecule has 0 N–H and O–H groups in total. The molecule has 0 aliphatic carbocycles. The van der Waals surface area contributed by atoms with E-state index in [-0.39, 0.29) is 5.82 Å². The predicted molar refractivity (Wildman–Crippen MR) is 115 cm³/mol. The van der Waals surface area contributed by atoms with Crippen molar-refractivity contribution in [1.82, 2.24) is 14.5 Å². The van der Waals surface area contributed by atoms with Crippen molar-refractivity contribution in [3.63, 3.8) is 0 Å². The van der Waals surface area contributed by atoms with Gasteiger partial charge in [-0.15, -0.1) is 0 Å². The van der Waals surface area contributed by atoms with Gasteiger partial charge in [0.05, 0.1) is 20.5 Å². The van der Waals surface area contributed by atoms with Crippen LogP contribution in [0.4, 0.5) is 4.39 Å². The van der Waals surface area contributed by atoms with Crippen LogP contribution in [0.2, 0.25) is 0 Å². The van der Waals surface area contributed by atoms with Crippen LogP contribution in [0, 0.1) is 5.82 Å². The number of aromatic nitrogens is 3. The van der Waals surface area contributed by atoms with Gasteiger partial charge in [-0.2, -0.15) is 0 Å². The van der Waals surface area contributed by atoms with E-state index in [1.165, 1.54) is 12.1 Å². The highest BCUT2D eigenvalue weighted by atomic mass is 19.1. The predicted octanol–water partition coefficient (Wildman–Crippen LogP) is 4.73. The van der Waals surface area contributed by atoms with E-state index >= 15 is 0 Å². The fraction of sp³-hybridized carbons (Fsp3) is 0.167. The van der Waals surface area contributed by atoms with Crippen LogP contribution in [0.15, 0.2) is 73.4 Å². The smallest absolute Gasteiger partial charge is 0.212 e. The summed E-state index contributed by atoms with van der Waals surface area (Å²) >= 11 is 0. The maximum absolute atomic E-state index is 13.5. The highest BCUT2D eigenvalue weighted by Gasteiger charge is 2.14. The molecule has 0 unspecified atom stereocenters. The zero-order valence-electron chi connectivity index (χ0n) is 17.3. The third-order valence-electron chi connectivity index (χ3n) is 4.86. The topological polar surface area (TPSA) is 58.4 Å². The molecule has 0 fully saturated rings. The first-order valence-electron chi connectivity index (χ1n) is 9.70. The first kappa shape index (κ1) is 20.4.